The minimum absolute atomic E-state index is 0.0389. The Bertz CT molecular complexity index is 1630. The van der Waals surface area contributed by atoms with Gasteiger partial charge in [0.2, 0.25) is 5.75 Å². The van der Waals surface area contributed by atoms with Gasteiger partial charge in [0.25, 0.3) is 0 Å². The van der Waals surface area contributed by atoms with E-state index in [1.165, 1.54) is 42.5 Å². The molecule has 0 aliphatic carbocycles. The van der Waals surface area contributed by atoms with Gasteiger partial charge in [-0.05, 0) is 30.7 Å². The van der Waals surface area contributed by atoms with Gasteiger partial charge in [0, 0.05) is 11.1 Å². The molecular formula is C33H28O9. The maximum atomic E-state index is 14.0. The number of carbonyl (C=O) groups excluding carboxylic acids is 4. The number of hydrogen-bond acceptors (Lipinski definition) is 9. The number of rotatable bonds is 11. The standard InChI is InChI=1S/C33H28O9/c1-2-3-10-18-41-33(40)24-25(27(35)20-12-6-4-7-13-20)29(37)30(38)31(42-32(39)21-14-8-5-9-15-21)26(24)28(36)22-16-11-17-23(34)19-22/h4-9,11-17,19,34,37-38H,2-3,10,18H2,1H3. The molecule has 0 heterocycles. The Morgan fingerprint density at radius 3 is 1.83 bits per heavy atom. The number of esters is 2. The molecule has 0 spiro atoms. The zero-order valence-corrected chi connectivity index (χ0v) is 22.7. The SMILES string of the molecule is CCCCCOC(=O)c1c(C(=O)c2ccccc2)c(O)c(O)c(OC(=O)c2ccccc2)c1C(=O)c1cccc(O)c1. The fourth-order valence-electron chi connectivity index (χ4n) is 4.28. The first kappa shape index (κ1) is 29.5. The molecule has 0 aliphatic heterocycles. The monoisotopic (exact) mass is 568 g/mol. The molecule has 0 radical (unpaired) electrons. The maximum Gasteiger partial charge on any atom is 0.343 e. The molecule has 3 N–H and O–H groups in total. The Morgan fingerprint density at radius 1 is 0.619 bits per heavy atom. The van der Waals surface area contributed by atoms with Crippen molar-refractivity contribution in [2.45, 2.75) is 26.2 Å². The predicted molar refractivity (Wildman–Crippen MR) is 152 cm³/mol. The number of ether oxygens (including phenoxy) is 2. The van der Waals surface area contributed by atoms with Gasteiger partial charge in [-0.2, -0.15) is 0 Å². The zero-order chi connectivity index (χ0) is 30.2. The van der Waals surface area contributed by atoms with Crippen molar-refractivity contribution in [2.24, 2.45) is 0 Å². The third kappa shape index (κ3) is 6.31. The first-order chi connectivity index (χ1) is 20.2. The minimum Gasteiger partial charge on any atom is -0.508 e. The summed E-state index contributed by atoms with van der Waals surface area (Å²) in [4.78, 5) is 54.4. The van der Waals surface area contributed by atoms with Crippen molar-refractivity contribution in [3.63, 3.8) is 0 Å². The number of ketones is 2. The molecule has 42 heavy (non-hydrogen) atoms. The number of phenolic OH excluding ortho intramolecular Hbond substituents is 3. The lowest BCUT2D eigenvalue weighted by Crippen LogP contribution is -2.22. The quantitative estimate of drug-likeness (QED) is 0.0668. The number of carbonyl (C=O) groups is 4. The summed E-state index contributed by atoms with van der Waals surface area (Å²) in [6.45, 7) is 1.89. The van der Waals surface area contributed by atoms with E-state index in [0.29, 0.717) is 6.42 Å². The summed E-state index contributed by atoms with van der Waals surface area (Å²) in [7, 11) is 0. The van der Waals surface area contributed by atoms with Gasteiger partial charge in [-0.25, -0.2) is 9.59 Å². The second kappa shape index (κ2) is 13.3. The average molecular weight is 569 g/mol. The van der Waals surface area contributed by atoms with Crippen LogP contribution < -0.4 is 4.74 Å². The van der Waals surface area contributed by atoms with Gasteiger partial charge in [0.1, 0.15) is 5.75 Å². The van der Waals surface area contributed by atoms with Gasteiger partial charge in [-0.1, -0.05) is 80.4 Å². The van der Waals surface area contributed by atoms with Crippen LogP contribution in [0.25, 0.3) is 0 Å². The highest BCUT2D eigenvalue weighted by atomic mass is 16.5. The molecule has 0 amide bonds. The van der Waals surface area contributed by atoms with E-state index in [2.05, 4.69) is 0 Å². The van der Waals surface area contributed by atoms with Crippen LogP contribution in [0.4, 0.5) is 0 Å². The number of benzene rings is 4. The second-order valence-corrected chi connectivity index (χ2v) is 9.32. The molecule has 4 rings (SSSR count). The van der Waals surface area contributed by atoms with Gasteiger partial charge >= 0.3 is 11.9 Å². The van der Waals surface area contributed by atoms with E-state index in [9.17, 15) is 34.5 Å². The summed E-state index contributed by atoms with van der Waals surface area (Å²) in [6, 6.07) is 20.4. The van der Waals surface area contributed by atoms with Crippen molar-refractivity contribution in [3.05, 3.63) is 118 Å². The lowest BCUT2D eigenvalue weighted by Gasteiger charge is -2.20. The molecule has 0 atom stereocenters. The molecular weight excluding hydrogens is 540 g/mol. The Hall–Kier alpha value is -5.44. The molecule has 0 unspecified atom stereocenters. The van der Waals surface area contributed by atoms with Crippen LogP contribution >= 0.6 is 0 Å². The van der Waals surface area contributed by atoms with Crippen molar-refractivity contribution in [1.82, 2.24) is 0 Å². The molecule has 214 valence electrons. The molecule has 0 saturated heterocycles. The van der Waals surface area contributed by atoms with Gasteiger partial charge in [-0.3, -0.25) is 9.59 Å². The Labute approximate surface area is 241 Å². The molecule has 4 aromatic rings. The Kier molecular flexibility index (Phi) is 9.34. The summed E-state index contributed by atoms with van der Waals surface area (Å²) in [5.74, 6) is -7.36. The van der Waals surface area contributed by atoms with Crippen molar-refractivity contribution in [3.8, 4) is 23.0 Å². The highest BCUT2D eigenvalue weighted by molar-refractivity contribution is 6.24. The summed E-state index contributed by atoms with van der Waals surface area (Å²) in [6.07, 6.45) is 2.05. The summed E-state index contributed by atoms with van der Waals surface area (Å²) in [5.41, 5.74) is -2.17. The largest absolute Gasteiger partial charge is 0.508 e. The summed E-state index contributed by atoms with van der Waals surface area (Å²) in [5, 5.41) is 32.3. The highest BCUT2D eigenvalue weighted by Gasteiger charge is 2.37. The van der Waals surface area contributed by atoms with Gasteiger partial charge < -0.3 is 24.8 Å². The second-order valence-electron chi connectivity index (χ2n) is 9.32. The lowest BCUT2D eigenvalue weighted by molar-refractivity contribution is 0.0489. The molecule has 4 aromatic carbocycles. The van der Waals surface area contributed by atoms with Crippen molar-refractivity contribution in [2.75, 3.05) is 6.61 Å². The molecule has 0 aliphatic rings. The fourth-order valence-corrected chi connectivity index (χ4v) is 4.28. The van der Waals surface area contributed by atoms with Gasteiger partial charge in [-0.15, -0.1) is 0 Å². The van der Waals surface area contributed by atoms with Crippen LogP contribution in [0.2, 0.25) is 0 Å². The predicted octanol–water partition coefficient (Wildman–Crippen LogP) is 5.83. The van der Waals surface area contributed by atoms with E-state index >= 15 is 0 Å². The molecule has 0 saturated carbocycles. The normalized spacial score (nSPS) is 10.6. The van der Waals surface area contributed by atoms with Crippen LogP contribution in [-0.4, -0.2) is 45.4 Å². The van der Waals surface area contributed by atoms with Gasteiger partial charge in [0.15, 0.2) is 23.1 Å². The third-order valence-electron chi connectivity index (χ3n) is 6.39. The number of aromatic hydroxyl groups is 3. The first-order valence-electron chi connectivity index (χ1n) is 13.2. The molecule has 0 bridgehead atoms. The van der Waals surface area contributed by atoms with Crippen LogP contribution in [0, 0.1) is 0 Å². The highest BCUT2D eigenvalue weighted by Crippen LogP contribution is 2.46. The van der Waals surface area contributed by atoms with Crippen LogP contribution in [0.15, 0.2) is 84.9 Å². The van der Waals surface area contributed by atoms with Crippen LogP contribution in [0.5, 0.6) is 23.0 Å². The van der Waals surface area contributed by atoms with E-state index in [0.717, 1.165) is 18.9 Å². The Balaban J connectivity index is 2.01. The summed E-state index contributed by atoms with van der Waals surface area (Å²) >= 11 is 0. The van der Waals surface area contributed by atoms with Crippen LogP contribution in [0.1, 0.15) is 78.7 Å². The van der Waals surface area contributed by atoms with E-state index in [-0.39, 0.29) is 29.0 Å². The zero-order valence-electron chi connectivity index (χ0n) is 22.7. The maximum absolute atomic E-state index is 14.0. The third-order valence-corrected chi connectivity index (χ3v) is 6.39. The summed E-state index contributed by atoms with van der Waals surface area (Å²) < 4.78 is 10.9. The van der Waals surface area contributed by atoms with Crippen LogP contribution in [0.3, 0.4) is 0 Å². The molecule has 9 heteroatoms. The first-order valence-corrected chi connectivity index (χ1v) is 13.2. The van der Waals surface area contributed by atoms with Crippen molar-refractivity contribution in [1.29, 1.82) is 0 Å². The van der Waals surface area contributed by atoms with Crippen molar-refractivity contribution >= 4 is 23.5 Å². The number of unbranched alkanes of at least 4 members (excludes halogenated alkanes) is 2. The molecule has 0 fully saturated rings. The lowest BCUT2D eigenvalue weighted by atomic mass is 9.88. The number of phenols is 3. The van der Waals surface area contributed by atoms with E-state index in [4.69, 9.17) is 9.47 Å². The average Bonchev–Trinajstić information content (AvgIpc) is 3.01. The van der Waals surface area contributed by atoms with Crippen molar-refractivity contribution < 1.29 is 44.0 Å². The minimum atomic E-state index is -1.15. The molecule has 9 nitrogen and oxygen atoms in total. The number of hydrogen-bond donors (Lipinski definition) is 3. The fraction of sp³-hybridized carbons (Fsp3) is 0.152. The topological polar surface area (TPSA) is 147 Å². The smallest absolute Gasteiger partial charge is 0.343 e. The van der Waals surface area contributed by atoms with E-state index < -0.39 is 57.4 Å². The molecule has 0 aromatic heterocycles. The van der Waals surface area contributed by atoms with E-state index in [1.807, 2.05) is 6.92 Å². The van der Waals surface area contributed by atoms with Gasteiger partial charge in [0.05, 0.1) is 28.9 Å². The van der Waals surface area contributed by atoms with Crippen LogP contribution in [-0.2, 0) is 4.74 Å². The van der Waals surface area contributed by atoms with E-state index in [1.54, 1.807) is 36.4 Å². The Morgan fingerprint density at radius 2 is 1.21 bits per heavy atom.